The highest BCUT2D eigenvalue weighted by atomic mass is 31.2. The molecule has 3 N–H and O–H groups in total. The molecule has 2 aliphatic heterocycles. The van der Waals surface area contributed by atoms with Crippen LogP contribution in [-0.2, 0) is 38.2 Å². The second-order valence-corrected chi connectivity index (χ2v) is 21.3. The van der Waals surface area contributed by atoms with Gasteiger partial charge in [-0.1, -0.05) is 78.9 Å². The molecule has 398 valence electrons. The molecule has 4 aromatic carbocycles. The topological polar surface area (TPSA) is 197 Å². The molecule has 7 rings (SSSR count). The molecule has 0 aliphatic carbocycles. The zero-order valence-electron chi connectivity index (χ0n) is 44.5. The Morgan fingerprint density at radius 1 is 0.893 bits per heavy atom. The van der Waals surface area contributed by atoms with Crippen LogP contribution in [0.1, 0.15) is 96.7 Å². The van der Waals surface area contributed by atoms with E-state index in [0.29, 0.717) is 17.2 Å². The number of amides is 1. The summed E-state index contributed by atoms with van der Waals surface area (Å²) in [5.41, 5.74) is 0.721. The van der Waals surface area contributed by atoms with Crippen LogP contribution in [0, 0.1) is 11.3 Å². The molecule has 2 aliphatic rings. The molecule has 4 atom stereocenters. The zero-order valence-corrected chi connectivity index (χ0v) is 45.4. The number of methoxy groups -OCH3 is 2. The van der Waals surface area contributed by atoms with Crippen LogP contribution in [0.2, 0.25) is 0 Å². The Kier molecular flexibility index (Phi) is 19.1. The lowest BCUT2D eigenvalue weighted by Gasteiger charge is -2.39. The number of aromatic amines is 1. The predicted molar refractivity (Wildman–Crippen MR) is 291 cm³/mol. The Morgan fingerprint density at radius 3 is 2.04 bits per heavy atom. The molecule has 5 aromatic rings. The molecule has 0 bridgehead atoms. The van der Waals surface area contributed by atoms with E-state index in [9.17, 15) is 19.6 Å². The Balaban J connectivity index is 1.12. The number of nitrogens with one attached hydrogen (secondary N) is 3. The van der Waals surface area contributed by atoms with Crippen LogP contribution in [0.25, 0.3) is 6.08 Å². The number of hydrogen-bond acceptors (Lipinski definition) is 14. The number of hydrogen-bond donors (Lipinski definition) is 3. The van der Waals surface area contributed by atoms with Gasteiger partial charge < -0.3 is 47.9 Å². The molecular weight excluding hydrogens is 974 g/mol. The minimum absolute atomic E-state index is 0.00373. The van der Waals surface area contributed by atoms with Crippen molar-refractivity contribution < 1.29 is 42.1 Å². The summed E-state index contributed by atoms with van der Waals surface area (Å²) >= 11 is 0. The number of rotatable bonds is 24. The SMILES string of the molecule is COc1ccc(C(OC[C@H]2O[C@@H](n3cc(/C=C/CNCC(=O)Nc4ccc(B5OC(C)(C)C(C)(C)O5)cc4)c(=O)[nH]c3=O)CC2OP(OCCC#N)N(C(C)C)C(C)C)(c2ccccc2)c2ccc(OC)cc2)cc1. The van der Waals surface area contributed by atoms with Gasteiger partial charge in [0.15, 0.2) is 0 Å². The van der Waals surface area contributed by atoms with E-state index in [-0.39, 0.29) is 62.7 Å². The molecule has 0 saturated carbocycles. The van der Waals surface area contributed by atoms with Crippen molar-refractivity contribution in [3.63, 3.8) is 0 Å². The molecule has 0 spiro atoms. The number of carbonyl (C=O) groups is 1. The number of ether oxygens (including phenoxy) is 4. The molecule has 1 aromatic heterocycles. The second kappa shape index (κ2) is 25.3. The molecular formula is C56H70BN6O11P. The number of H-pyrrole nitrogens is 1. The Bertz CT molecular complexity index is 2780. The van der Waals surface area contributed by atoms with Gasteiger partial charge >= 0.3 is 12.8 Å². The third-order valence-electron chi connectivity index (χ3n) is 13.6. The summed E-state index contributed by atoms with van der Waals surface area (Å²) in [5.74, 6) is 1.09. The smallest absolute Gasteiger partial charge is 0.494 e. The maximum absolute atomic E-state index is 13.8. The predicted octanol–water partition coefficient (Wildman–Crippen LogP) is 8.05. The molecule has 2 unspecified atom stereocenters. The van der Waals surface area contributed by atoms with Gasteiger partial charge in [-0.25, -0.2) is 9.46 Å². The van der Waals surface area contributed by atoms with Gasteiger partial charge in [-0.2, -0.15) is 5.26 Å². The van der Waals surface area contributed by atoms with Gasteiger partial charge in [0.25, 0.3) is 14.1 Å². The standard InChI is InChI=1S/C56H70BN6O11P/c1-38(2)63(39(3)4)75(70-33-15-31-58)72-48-34-51(71-49(48)37-69-56(41-17-12-11-13-18-41,42-19-27-46(67-9)28-20-42)43-21-29-47(68-10)30-22-43)62-36-40(52(65)61-53(62)66)16-14-32-59-35-50(64)60-45-25-23-44(24-26-45)57-73-54(5,6)55(7,8)74-57/h11-14,16-30,36,38-39,48-49,51,59H,15,32-35,37H2,1-10H3,(H,60,64)(H,61,65,66)/b16-14+/t48?,49-,51-,75?/m1/s1. The molecule has 19 heteroatoms. The number of nitrogens with zero attached hydrogens (tertiary/aromatic N) is 3. The molecule has 1 amide bonds. The van der Waals surface area contributed by atoms with Crippen LogP contribution in [0.4, 0.5) is 5.69 Å². The first-order chi connectivity index (χ1) is 35.9. The van der Waals surface area contributed by atoms with E-state index in [1.165, 1.54) is 10.8 Å². The molecule has 2 fully saturated rings. The summed E-state index contributed by atoms with van der Waals surface area (Å²) in [4.78, 5) is 42.4. The lowest BCUT2D eigenvalue weighted by Crippen LogP contribution is -2.41. The van der Waals surface area contributed by atoms with Crippen molar-refractivity contribution in [2.75, 3.05) is 45.8 Å². The molecule has 2 saturated heterocycles. The van der Waals surface area contributed by atoms with Crippen LogP contribution in [0.3, 0.4) is 0 Å². The van der Waals surface area contributed by atoms with Crippen LogP contribution in [0.15, 0.2) is 125 Å². The van der Waals surface area contributed by atoms with Crippen molar-refractivity contribution in [1.29, 1.82) is 5.26 Å². The first-order valence-electron chi connectivity index (χ1n) is 25.3. The lowest BCUT2D eigenvalue weighted by atomic mass is 9.79. The van der Waals surface area contributed by atoms with E-state index in [2.05, 4.69) is 54.1 Å². The summed E-state index contributed by atoms with van der Waals surface area (Å²) in [7, 11) is 0.958. The van der Waals surface area contributed by atoms with E-state index in [1.54, 1.807) is 38.5 Å². The maximum atomic E-state index is 13.8. The number of benzene rings is 4. The van der Waals surface area contributed by atoms with E-state index in [0.717, 1.165) is 22.2 Å². The van der Waals surface area contributed by atoms with Gasteiger partial charge in [-0.15, -0.1) is 0 Å². The average Bonchev–Trinajstić information content (AvgIpc) is 3.89. The van der Waals surface area contributed by atoms with Crippen molar-refractivity contribution in [3.05, 3.63) is 158 Å². The van der Waals surface area contributed by atoms with Crippen molar-refractivity contribution in [1.82, 2.24) is 19.5 Å². The van der Waals surface area contributed by atoms with Crippen LogP contribution in [-0.4, -0.2) is 103 Å². The van der Waals surface area contributed by atoms with Gasteiger partial charge in [0, 0.05) is 36.9 Å². The first kappa shape index (κ1) is 56.8. The summed E-state index contributed by atoms with van der Waals surface area (Å²) in [5, 5.41) is 15.4. The van der Waals surface area contributed by atoms with Gasteiger partial charge in [0.1, 0.15) is 29.4 Å². The molecule has 75 heavy (non-hydrogen) atoms. The van der Waals surface area contributed by atoms with Gasteiger partial charge in [0.2, 0.25) is 5.91 Å². The third-order valence-corrected chi connectivity index (χ3v) is 15.7. The van der Waals surface area contributed by atoms with E-state index >= 15 is 0 Å². The summed E-state index contributed by atoms with van der Waals surface area (Å²) in [6.45, 7) is 16.6. The first-order valence-corrected chi connectivity index (χ1v) is 26.4. The van der Waals surface area contributed by atoms with E-state index in [4.69, 9.17) is 37.3 Å². The summed E-state index contributed by atoms with van der Waals surface area (Å²) in [6, 6.07) is 34.8. The quantitative estimate of drug-likeness (QED) is 0.0232. The highest BCUT2D eigenvalue weighted by molar-refractivity contribution is 7.44. The van der Waals surface area contributed by atoms with Gasteiger partial charge in [0.05, 0.1) is 69.3 Å². The van der Waals surface area contributed by atoms with Crippen molar-refractivity contribution in [2.45, 2.75) is 116 Å². The second-order valence-electron chi connectivity index (χ2n) is 19.9. The normalized spacial score (nSPS) is 18.7. The number of nitriles is 1. The monoisotopic (exact) mass is 1040 g/mol. The molecule has 0 radical (unpaired) electrons. The Morgan fingerprint density at radius 2 is 1.48 bits per heavy atom. The largest absolute Gasteiger partial charge is 0.497 e. The van der Waals surface area contributed by atoms with Crippen molar-refractivity contribution in [3.8, 4) is 17.6 Å². The fraction of sp³-hybridized carbons (Fsp3) is 0.429. The van der Waals surface area contributed by atoms with Crippen LogP contribution in [0.5, 0.6) is 11.5 Å². The minimum Gasteiger partial charge on any atom is -0.497 e. The fourth-order valence-corrected chi connectivity index (χ4v) is 10.8. The minimum atomic E-state index is -1.76. The van der Waals surface area contributed by atoms with Gasteiger partial charge in [-0.3, -0.25) is 19.1 Å². The summed E-state index contributed by atoms with van der Waals surface area (Å²) in [6.07, 6.45) is 2.68. The molecule has 17 nitrogen and oxygen atoms in total. The van der Waals surface area contributed by atoms with Crippen molar-refractivity contribution >= 4 is 38.8 Å². The van der Waals surface area contributed by atoms with Gasteiger partial charge in [-0.05, 0) is 114 Å². The number of anilines is 1. The molecule has 3 heterocycles. The average molecular weight is 1040 g/mol. The van der Waals surface area contributed by atoms with Crippen LogP contribution < -0.4 is 36.8 Å². The zero-order chi connectivity index (χ0) is 53.9. The van der Waals surface area contributed by atoms with Crippen molar-refractivity contribution in [2.24, 2.45) is 0 Å². The third kappa shape index (κ3) is 13.5. The van der Waals surface area contributed by atoms with E-state index < -0.39 is 62.1 Å². The summed E-state index contributed by atoms with van der Waals surface area (Å²) < 4.78 is 54.5. The maximum Gasteiger partial charge on any atom is 0.494 e. The fourth-order valence-electron chi connectivity index (χ4n) is 9.02. The van der Waals surface area contributed by atoms with E-state index in [1.807, 2.05) is 119 Å². The number of aromatic nitrogens is 2. The Labute approximate surface area is 441 Å². The lowest BCUT2D eigenvalue weighted by molar-refractivity contribution is -0.115. The van der Waals surface area contributed by atoms with Crippen LogP contribution >= 0.6 is 8.53 Å². The highest BCUT2D eigenvalue weighted by Crippen LogP contribution is 2.51. The Hall–Kier alpha value is -5.97. The number of carbonyl (C=O) groups excluding carboxylic acids is 1. The highest BCUT2D eigenvalue weighted by Gasteiger charge is 2.52.